The summed E-state index contributed by atoms with van der Waals surface area (Å²) in [7, 11) is 0. The van der Waals surface area contributed by atoms with Crippen LogP contribution in [0.15, 0.2) is 24.3 Å². The van der Waals surface area contributed by atoms with Crippen molar-refractivity contribution in [2.75, 3.05) is 6.61 Å². The highest BCUT2D eigenvalue weighted by molar-refractivity contribution is 5.45. The Morgan fingerprint density at radius 3 is 2.82 bits per heavy atom. The van der Waals surface area contributed by atoms with Crippen molar-refractivity contribution in [1.82, 2.24) is 0 Å². The summed E-state index contributed by atoms with van der Waals surface area (Å²) in [6.45, 7) is 4.49. The van der Waals surface area contributed by atoms with E-state index < -0.39 is 5.82 Å². The van der Waals surface area contributed by atoms with Gasteiger partial charge in [-0.2, -0.15) is 0 Å². The van der Waals surface area contributed by atoms with Crippen LogP contribution in [-0.2, 0) is 0 Å². The SMILES string of the molecule is C=C1CCCC2COc3c(F)ccc(F)c3C12. The van der Waals surface area contributed by atoms with Gasteiger partial charge in [0.15, 0.2) is 11.6 Å². The van der Waals surface area contributed by atoms with E-state index in [1.807, 2.05) is 0 Å². The Morgan fingerprint density at radius 1 is 1.24 bits per heavy atom. The zero-order valence-electron chi connectivity index (χ0n) is 9.51. The van der Waals surface area contributed by atoms with E-state index in [1.54, 1.807) is 0 Å². The first-order chi connectivity index (χ1) is 8.18. The standard InChI is InChI=1S/C14H14F2O/c1-8-3-2-4-9-7-17-14-11(16)6-5-10(15)13(14)12(8)9/h5-6,9,12H,1-4,7H2. The molecule has 2 unspecified atom stereocenters. The van der Waals surface area contributed by atoms with E-state index in [4.69, 9.17) is 4.74 Å². The normalized spacial score (nSPS) is 27.1. The van der Waals surface area contributed by atoms with Crippen molar-refractivity contribution in [2.24, 2.45) is 5.92 Å². The van der Waals surface area contributed by atoms with Crippen molar-refractivity contribution >= 4 is 0 Å². The van der Waals surface area contributed by atoms with Crippen LogP contribution in [0.5, 0.6) is 5.75 Å². The molecule has 1 aromatic carbocycles. The maximum absolute atomic E-state index is 13.9. The summed E-state index contributed by atoms with van der Waals surface area (Å²) in [4.78, 5) is 0. The molecule has 0 saturated heterocycles. The van der Waals surface area contributed by atoms with Gasteiger partial charge in [-0.05, 0) is 31.4 Å². The molecule has 17 heavy (non-hydrogen) atoms. The number of benzene rings is 1. The molecule has 1 fully saturated rings. The molecule has 1 aliphatic heterocycles. The van der Waals surface area contributed by atoms with Crippen molar-refractivity contribution < 1.29 is 13.5 Å². The molecule has 0 radical (unpaired) electrons. The predicted octanol–water partition coefficient (Wildman–Crippen LogP) is 3.80. The largest absolute Gasteiger partial charge is 0.490 e. The highest BCUT2D eigenvalue weighted by Crippen LogP contribution is 2.48. The first-order valence-electron chi connectivity index (χ1n) is 5.97. The molecule has 2 aliphatic rings. The van der Waals surface area contributed by atoms with E-state index in [9.17, 15) is 8.78 Å². The quantitative estimate of drug-likeness (QED) is 0.622. The molecule has 1 saturated carbocycles. The molecule has 2 atom stereocenters. The minimum Gasteiger partial charge on any atom is -0.490 e. The fourth-order valence-electron chi connectivity index (χ4n) is 3.04. The van der Waals surface area contributed by atoms with Gasteiger partial charge in [-0.25, -0.2) is 8.78 Å². The number of hydrogen-bond donors (Lipinski definition) is 0. The van der Waals surface area contributed by atoms with E-state index in [2.05, 4.69) is 6.58 Å². The molecule has 1 heterocycles. The summed E-state index contributed by atoms with van der Waals surface area (Å²) in [5, 5.41) is 0. The lowest BCUT2D eigenvalue weighted by Gasteiger charge is -2.38. The maximum Gasteiger partial charge on any atom is 0.165 e. The first-order valence-corrected chi connectivity index (χ1v) is 5.97. The van der Waals surface area contributed by atoms with Gasteiger partial charge in [0.05, 0.1) is 6.61 Å². The van der Waals surface area contributed by atoms with E-state index in [-0.39, 0.29) is 23.4 Å². The molecule has 0 spiro atoms. The summed E-state index contributed by atoms with van der Waals surface area (Å²) in [5.41, 5.74) is 1.39. The zero-order chi connectivity index (χ0) is 12.0. The summed E-state index contributed by atoms with van der Waals surface area (Å²) >= 11 is 0. The third kappa shape index (κ3) is 1.56. The van der Waals surface area contributed by atoms with Crippen molar-refractivity contribution in [1.29, 1.82) is 0 Å². The zero-order valence-corrected chi connectivity index (χ0v) is 9.51. The molecular formula is C14H14F2O. The van der Waals surface area contributed by atoms with Crippen LogP contribution in [-0.4, -0.2) is 6.61 Å². The number of allylic oxidation sites excluding steroid dienone is 1. The van der Waals surface area contributed by atoms with E-state index in [0.29, 0.717) is 12.2 Å². The van der Waals surface area contributed by atoms with Crippen molar-refractivity contribution in [2.45, 2.75) is 25.2 Å². The van der Waals surface area contributed by atoms with E-state index in [1.165, 1.54) is 6.07 Å². The predicted molar refractivity (Wildman–Crippen MR) is 61.1 cm³/mol. The molecule has 3 rings (SSSR count). The molecule has 1 aliphatic carbocycles. The maximum atomic E-state index is 13.9. The lowest BCUT2D eigenvalue weighted by Crippen LogP contribution is -2.31. The van der Waals surface area contributed by atoms with Gasteiger partial charge >= 0.3 is 0 Å². The molecule has 3 heteroatoms. The lowest BCUT2D eigenvalue weighted by atomic mass is 9.71. The second kappa shape index (κ2) is 3.83. The molecule has 90 valence electrons. The molecule has 0 amide bonds. The highest BCUT2D eigenvalue weighted by Gasteiger charge is 2.38. The number of ether oxygens (including phenoxy) is 1. The van der Waals surface area contributed by atoms with Crippen LogP contribution in [0.1, 0.15) is 30.7 Å². The second-order valence-electron chi connectivity index (χ2n) is 4.87. The van der Waals surface area contributed by atoms with Crippen LogP contribution in [0, 0.1) is 17.6 Å². The van der Waals surface area contributed by atoms with Crippen molar-refractivity contribution in [3.63, 3.8) is 0 Å². The van der Waals surface area contributed by atoms with Gasteiger partial charge in [0, 0.05) is 17.4 Å². The molecule has 0 N–H and O–H groups in total. The average molecular weight is 236 g/mol. The molecular weight excluding hydrogens is 222 g/mol. The van der Waals surface area contributed by atoms with Gasteiger partial charge in [-0.1, -0.05) is 12.2 Å². The van der Waals surface area contributed by atoms with E-state index in [0.717, 1.165) is 30.9 Å². The monoisotopic (exact) mass is 236 g/mol. The van der Waals surface area contributed by atoms with Crippen molar-refractivity contribution in [3.05, 3.63) is 41.5 Å². The van der Waals surface area contributed by atoms with Crippen LogP contribution in [0.3, 0.4) is 0 Å². The van der Waals surface area contributed by atoms with Crippen LogP contribution >= 0.6 is 0 Å². The topological polar surface area (TPSA) is 9.23 Å². The van der Waals surface area contributed by atoms with Gasteiger partial charge in [0.25, 0.3) is 0 Å². The number of hydrogen-bond acceptors (Lipinski definition) is 1. The second-order valence-corrected chi connectivity index (χ2v) is 4.87. The van der Waals surface area contributed by atoms with Gasteiger partial charge in [-0.3, -0.25) is 0 Å². The third-order valence-electron chi connectivity index (χ3n) is 3.83. The van der Waals surface area contributed by atoms with Crippen LogP contribution < -0.4 is 4.74 Å². The molecule has 0 bridgehead atoms. The Kier molecular flexibility index (Phi) is 2.42. The van der Waals surface area contributed by atoms with Gasteiger partial charge in [0.1, 0.15) is 5.82 Å². The lowest BCUT2D eigenvalue weighted by molar-refractivity contribution is 0.170. The summed E-state index contributed by atoms with van der Waals surface area (Å²) in [6, 6.07) is 2.31. The third-order valence-corrected chi connectivity index (χ3v) is 3.83. The number of halogens is 2. The van der Waals surface area contributed by atoms with Gasteiger partial charge in [-0.15, -0.1) is 0 Å². The average Bonchev–Trinajstić information content (AvgIpc) is 2.33. The fourth-order valence-corrected chi connectivity index (χ4v) is 3.04. The highest BCUT2D eigenvalue weighted by atomic mass is 19.1. The van der Waals surface area contributed by atoms with Crippen LogP contribution in [0.2, 0.25) is 0 Å². The van der Waals surface area contributed by atoms with Gasteiger partial charge in [0.2, 0.25) is 0 Å². The summed E-state index contributed by atoms with van der Waals surface area (Å²) < 4.78 is 32.9. The molecule has 1 aromatic rings. The van der Waals surface area contributed by atoms with E-state index >= 15 is 0 Å². The Morgan fingerprint density at radius 2 is 2.00 bits per heavy atom. The number of fused-ring (bicyclic) bond motifs is 3. The van der Waals surface area contributed by atoms with Gasteiger partial charge < -0.3 is 4.74 Å². The minimum atomic E-state index is -0.474. The molecule has 0 aromatic heterocycles. The minimum absolute atomic E-state index is 0.0665. The van der Waals surface area contributed by atoms with Crippen LogP contribution in [0.4, 0.5) is 8.78 Å². The Labute approximate surface area is 99.1 Å². The molecule has 1 nitrogen and oxygen atoms in total. The first kappa shape index (κ1) is 10.8. The Balaban J connectivity index is 2.16. The summed E-state index contributed by atoms with van der Waals surface area (Å²) in [6.07, 6.45) is 2.96. The smallest absolute Gasteiger partial charge is 0.165 e. The van der Waals surface area contributed by atoms with Crippen molar-refractivity contribution in [3.8, 4) is 5.75 Å². The summed E-state index contributed by atoms with van der Waals surface area (Å²) in [5.74, 6) is -0.574. The van der Waals surface area contributed by atoms with Crippen LogP contribution in [0.25, 0.3) is 0 Å². The Hall–Kier alpha value is -1.38. The fraction of sp³-hybridized carbons (Fsp3) is 0.429. The Bertz CT molecular complexity index is 481. The number of rotatable bonds is 0.